The molecule has 6 aromatic carbocycles. The van der Waals surface area contributed by atoms with Crippen LogP contribution in [0.4, 0.5) is 0 Å². The first-order valence-corrected chi connectivity index (χ1v) is 18.9. The molecule has 0 radical (unpaired) electrons. The van der Waals surface area contributed by atoms with Gasteiger partial charge in [-0.15, -0.1) is 10.2 Å². The molecule has 0 aliphatic carbocycles. The molecule has 6 nitrogen and oxygen atoms in total. The third kappa shape index (κ3) is 5.15. The van der Waals surface area contributed by atoms with E-state index in [1.807, 2.05) is 18.2 Å². The van der Waals surface area contributed by atoms with Gasteiger partial charge < -0.3 is 4.90 Å². The molecule has 1 saturated heterocycles. The fourth-order valence-corrected chi connectivity index (χ4v) is 13.1. The van der Waals surface area contributed by atoms with Crippen molar-refractivity contribution in [3.63, 3.8) is 0 Å². The summed E-state index contributed by atoms with van der Waals surface area (Å²) in [6.07, 6.45) is 0.675. The monoisotopic (exact) mass is 670 g/mol. The zero-order valence-electron chi connectivity index (χ0n) is 27.5. The molecule has 7 aromatic rings. The molecule has 50 heavy (non-hydrogen) atoms. The smallest absolute Gasteiger partial charge is 0.265 e. The van der Waals surface area contributed by atoms with Crippen LogP contribution in [-0.2, 0) is 10.2 Å². The molecule has 0 spiro atoms. The quantitative estimate of drug-likeness (QED) is 0.127. The number of rotatable bonds is 10. The predicted octanol–water partition coefficient (Wildman–Crippen LogP) is 6.87. The lowest BCUT2D eigenvalue weighted by atomic mass is 9.64. The van der Waals surface area contributed by atoms with Crippen LogP contribution in [0.25, 0.3) is 0 Å². The van der Waals surface area contributed by atoms with E-state index in [1.165, 1.54) is 15.9 Å². The number of aromatic amines is 1. The maximum atomic E-state index is 15.8. The van der Waals surface area contributed by atoms with Crippen molar-refractivity contribution < 1.29 is 4.79 Å². The van der Waals surface area contributed by atoms with Crippen molar-refractivity contribution in [1.82, 2.24) is 25.5 Å². The second-order valence-electron chi connectivity index (χ2n) is 12.6. The average molecular weight is 671 g/mol. The van der Waals surface area contributed by atoms with Gasteiger partial charge >= 0.3 is 0 Å². The molecule has 7 heteroatoms. The third-order valence-electron chi connectivity index (χ3n) is 10.2. The highest BCUT2D eigenvalue weighted by atomic mass is 31.2. The molecule has 8 rings (SSSR count). The molecule has 2 heterocycles. The van der Waals surface area contributed by atoms with Crippen molar-refractivity contribution in [3.8, 4) is 0 Å². The Morgan fingerprint density at radius 3 is 1.32 bits per heavy atom. The van der Waals surface area contributed by atoms with E-state index in [9.17, 15) is 0 Å². The summed E-state index contributed by atoms with van der Waals surface area (Å²) < 4.78 is 0. The number of carbonyl (C=O) groups excluding carboxylic acids is 1. The molecular weight excluding hydrogens is 633 g/mol. The number of nitrogens with zero attached hydrogens (tertiary/aromatic N) is 4. The highest BCUT2D eigenvalue weighted by Crippen LogP contribution is 2.63. The summed E-state index contributed by atoms with van der Waals surface area (Å²) in [7, 11) is -2.53. The number of amides is 1. The lowest BCUT2D eigenvalue weighted by Gasteiger charge is -2.45. The first kappa shape index (κ1) is 31.6. The van der Waals surface area contributed by atoms with E-state index in [4.69, 9.17) is 0 Å². The lowest BCUT2D eigenvalue weighted by molar-refractivity contribution is -0.130. The van der Waals surface area contributed by atoms with Crippen molar-refractivity contribution in [1.29, 1.82) is 0 Å². The Labute approximate surface area is 293 Å². The molecule has 1 N–H and O–H groups in total. The minimum Gasteiger partial charge on any atom is -0.327 e. The normalized spacial score (nSPS) is 15.6. The van der Waals surface area contributed by atoms with E-state index in [2.05, 4.69) is 189 Å². The fourth-order valence-electron chi connectivity index (χ4n) is 8.21. The van der Waals surface area contributed by atoms with Crippen LogP contribution in [0.1, 0.15) is 35.0 Å². The molecule has 1 aliphatic rings. The summed E-state index contributed by atoms with van der Waals surface area (Å²) in [4.78, 5) is 17.9. The zero-order valence-corrected chi connectivity index (χ0v) is 28.4. The number of likely N-dealkylation sites (tertiary alicyclic amines) is 1. The molecule has 1 fully saturated rings. The SMILES string of the molecule is O=C1C([P+](c2ccccc2)(c2ccccc2)c2ccccc2)CCN1C(c1nn[nH]n1)C(c1ccccc1)(c1ccccc1)c1ccccc1. The third-order valence-corrected chi connectivity index (χ3v) is 14.9. The topological polar surface area (TPSA) is 74.8 Å². The second kappa shape index (κ2) is 13.7. The van der Waals surface area contributed by atoms with Crippen molar-refractivity contribution in [3.05, 3.63) is 205 Å². The Bertz CT molecular complexity index is 1940. The Morgan fingerprint density at radius 1 is 0.580 bits per heavy atom. The summed E-state index contributed by atoms with van der Waals surface area (Å²) in [5, 5.41) is 19.7. The van der Waals surface area contributed by atoms with Crippen molar-refractivity contribution in [2.24, 2.45) is 0 Å². The van der Waals surface area contributed by atoms with Gasteiger partial charge in [0.25, 0.3) is 5.91 Å². The molecule has 1 aliphatic heterocycles. The fraction of sp³-hybridized carbons (Fsp3) is 0.116. The molecular formula is C43H37N5OP+. The lowest BCUT2D eigenvalue weighted by Crippen LogP contribution is -2.49. The number of tetrazole rings is 1. The minimum absolute atomic E-state index is 0.0943. The van der Waals surface area contributed by atoms with Crippen LogP contribution in [0.2, 0.25) is 0 Å². The van der Waals surface area contributed by atoms with Gasteiger partial charge in [-0.3, -0.25) is 4.79 Å². The van der Waals surface area contributed by atoms with Crippen LogP contribution in [0, 0.1) is 0 Å². The summed E-state index contributed by atoms with van der Waals surface area (Å²) in [6, 6.07) is 62.8. The first-order valence-electron chi connectivity index (χ1n) is 17.0. The Balaban J connectivity index is 1.40. The van der Waals surface area contributed by atoms with Gasteiger partial charge in [0.15, 0.2) is 11.5 Å². The maximum Gasteiger partial charge on any atom is 0.265 e. The standard InChI is InChI=1S/C43H37N5OP/c49-42-39(50(36-25-13-4-14-26-36,37-27-15-5-16-28-37)38-29-17-6-18-30-38)31-32-48(42)40(41-44-46-47-45-41)43(33-19-7-1-8-20-33,34-21-9-2-10-22-34)35-23-11-3-12-24-35/h1-30,39-40H,31-32H2,(H,44,45,46,47)/q+1. The number of carbonyl (C=O) groups is 1. The average Bonchev–Trinajstić information content (AvgIpc) is 3.87. The minimum atomic E-state index is -2.53. The van der Waals surface area contributed by atoms with Gasteiger partial charge in [-0.2, -0.15) is 5.21 Å². The molecule has 244 valence electrons. The Hall–Kier alpha value is -5.71. The second-order valence-corrected chi connectivity index (χ2v) is 16.3. The van der Waals surface area contributed by atoms with Gasteiger partial charge in [0.1, 0.15) is 29.2 Å². The van der Waals surface area contributed by atoms with Crippen molar-refractivity contribution in [2.75, 3.05) is 6.54 Å². The number of benzene rings is 6. The van der Waals surface area contributed by atoms with Crippen LogP contribution >= 0.6 is 7.26 Å². The van der Waals surface area contributed by atoms with Gasteiger partial charge in [0, 0.05) is 13.0 Å². The van der Waals surface area contributed by atoms with E-state index in [1.54, 1.807) is 0 Å². The largest absolute Gasteiger partial charge is 0.327 e. The first-order chi connectivity index (χ1) is 24.8. The molecule has 1 amide bonds. The van der Waals surface area contributed by atoms with Crippen LogP contribution in [-0.4, -0.2) is 43.6 Å². The molecule has 2 unspecified atom stereocenters. The summed E-state index contributed by atoms with van der Waals surface area (Å²) in [6.45, 7) is 0.533. The van der Waals surface area contributed by atoms with E-state index in [0.29, 0.717) is 18.8 Å². The number of aromatic nitrogens is 4. The van der Waals surface area contributed by atoms with Gasteiger partial charge in [-0.25, -0.2) is 0 Å². The molecule has 1 aromatic heterocycles. The van der Waals surface area contributed by atoms with Crippen molar-refractivity contribution >= 4 is 29.1 Å². The number of H-pyrrole nitrogens is 1. The Kier molecular flexibility index (Phi) is 8.62. The number of nitrogens with one attached hydrogen (secondary N) is 1. The van der Waals surface area contributed by atoms with Crippen LogP contribution in [0.5, 0.6) is 0 Å². The van der Waals surface area contributed by atoms with Crippen LogP contribution in [0.3, 0.4) is 0 Å². The van der Waals surface area contributed by atoms with Gasteiger partial charge in [-0.1, -0.05) is 151 Å². The molecule has 2 atom stereocenters. The maximum absolute atomic E-state index is 15.8. The zero-order chi connectivity index (χ0) is 33.8. The number of hydrogen-bond acceptors (Lipinski definition) is 4. The highest BCUT2D eigenvalue weighted by molar-refractivity contribution is 7.96. The van der Waals surface area contributed by atoms with Crippen molar-refractivity contribution in [2.45, 2.75) is 23.5 Å². The van der Waals surface area contributed by atoms with Gasteiger partial charge in [0.2, 0.25) is 0 Å². The van der Waals surface area contributed by atoms with E-state index in [-0.39, 0.29) is 11.6 Å². The molecule has 0 bridgehead atoms. The van der Waals surface area contributed by atoms with Crippen LogP contribution < -0.4 is 15.9 Å². The Morgan fingerprint density at radius 2 is 0.960 bits per heavy atom. The summed E-state index contributed by atoms with van der Waals surface area (Å²) in [5.74, 6) is 0.565. The van der Waals surface area contributed by atoms with E-state index in [0.717, 1.165) is 16.7 Å². The van der Waals surface area contributed by atoms with Crippen LogP contribution in [0.15, 0.2) is 182 Å². The van der Waals surface area contributed by atoms with Gasteiger partial charge in [0.05, 0.1) is 5.41 Å². The highest BCUT2D eigenvalue weighted by Gasteiger charge is 2.62. The summed E-state index contributed by atoms with van der Waals surface area (Å²) >= 11 is 0. The number of hydrogen-bond donors (Lipinski definition) is 1. The summed E-state index contributed by atoms with van der Waals surface area (Å²) in [5.41, 5.74) is 1.94. The van der Waals surface area contributed by atoms with Gasteiger partial charge in [-0.05, 0) is 53.1 Å². The predicted molar refractivity (Wildman–Crippen MR) is 201 cm³/mol. The molecule has 0 saturated carbocycles. The van der Waals surface area contributed by atoms with E-state index < -0.39 is 18.7 Å². The van der Waals surface area contributed by atoms with E-state index >= 15 is 4.79 Å².